The second kappa shape index (κ2) is 4.67. The minimum Gasteiger partial charge on any atom is -0.443 e. The molecule has 3 aromatic rings. The number of hydrogen-bond acceptors (Lipinski definition) is 5. The van der Waals surface area contributed by atoms with Gasteiger partial charge in [-0.25, -0.2) is 4.98 Å². The van der Waals surface area contributed by atoms with Crippen LogP contribution in [-0.4, -0.2) is 9.97 Å². The van der Waals surface area contributed by atoms with E-state index in [2.05, 4.69) is 36.1 Å². The van der Waals surface area contributed by atoms with E-state index in [1.54, 1.807) is 6.20 Å². The molecular weight excluding hydrogens is 254 g/mol. The lowest BCUT2D eigenvalue weighted by Gasteiger charge is -2.13. The molecule has 3 rings (SSSR count). The zero-order valence-electron chi connectivity index (χ0n) is 11.8. The molecule has 0 aliphatic carbocycles. The Kier molecular flexibility index (Phi) is 2.97. The average molecular weight is 271 g/mol. The molecule has 0 bridgehead atoms. The van der Waals surface area contributed by atoms with Gasteiger partial charge in [0.05, 0.1) is 12.7 Å². The Hall–Kier alpha value is -2.30. The number of nitrogens with one attached hydrogen (secondary N) is 1. The highest BCUT2D eigenvalue weighted by molar-refractivity contribution is 5.74. The zero-order valence-corrected chi connectivity index (χ0v) is 11.8. The van der Waals surface area contributed by atoms with E-state index in [1.807, 2.05) is 24.3 Å². The molecule has 5 heteroatoms. The summed E-state index contributed by atoms with van der Waals surface area (Å²) >= 11 is 0. The van der Waals surface area contributed by atoms with Crippen molar-refractivity contribution in [1.29, 1.82) is 0 Å². The van der Waals surface area contributed by atoms with Crippen molar-refractivity contribution >= 4 is 17.1 Å². The molecule has 1 N–H and O–H groups in total. The van der Waals surface area contributed by atoms with Gasteiger partial charge in [0.2, 0.25) is 5.89 Å². The van der Waals surface area contributed by atoms with Gasteiger partial charge in [0.15, 0.2) is 5.58 Å². The third-order valence-electron chi connectivity index (χ3n) is 2.98. The van der Waals surface area contributed by atoms with Gasteiger partial charge in [-0.3, -0.25) is 0 Å². The Balaban J connectivity index is 1.71. The molecule has 0 atom stereocenters. The van der Waals surface area contributed by atoms with Crippen molar-refractivity contribution in [3.8, 4) is 0 Å². The van der Waals surface area contributed by atoms with Gasteiger partial charge in [-0.15, -0.1) is 0 Å². The number of benzene rings is 1. The number of anilines is 1. The van der Waals surface area contributed by atoms with Gasteiger partial charge in [-0.2, -0.15) is 4.98 Å². The number of fused-ring (bicyclic) bond motifs is 1. The first-order chi connectivity index (χ1) is 9.52. The minimum atomic E-state index is -0.0388. The molecule has 2 aromatic heterocycles. The third-order valence-corrected chi connectivity index (χ3v) is 2.98. The quantitative estimate of drug-likeness (QED) is 0.786. The first-order valence-electron chi connectivity index (χ1n) is 6.57. The summed E-state index contributed by atoms with van der Waals surface area (Å²) in [7, 11) is 0. The average Bonchev–Trinajstić information content (AvgIpc) is 3.02. The van der Waals surface area contributed by atoms with Gasteiger partial charge in [0.1, 0.15) is 11.3 Å². The Morgan fingerprint density at radius 3 is 2.65 bits per heavy atom. The predicted molar refractivity (Wildman–Crippen MR) is 76.5 cm³/mol. The fraction of sp³-hybridized carbons (Fsp3) is 0.333. The Morgan fingerprint density at radius 2 is 1.95 bits per heavy atom. The van der Waals surface area contributed by atoms with Crippen LogP contribution >= 0.6 is 0 Å². The smallest absolute Gasteiger partial charge is 0.296 e. The van der Waals surface area contributed by atoms with Gasteiger partial charge in [0.25, 0.3) is 6.01 Å². The molecule has 0 unspecified atom stereocenters. The highest BCUT2D eigenvalue weighted by Crippen LogP contribution is 2.23. The van der Waals surface area contributed by atoms with Crippen LogP contribution in [0.3, 0.4) is 0 Å². The van der Waals surface area contributed by atoms with E-state index < -0.39 is 0 Å². The molecule has 5 nitrogen and oxygen atoms in total. The van der Waals surface area contributed by atoms with Crippen LogP contribution < -0.4 is 5.32 Å². The van der Waals surface area contributed by atoms with Gasteiger partial charge in [0, 0.05) is 5.41 Å². The lowest BCUT2D eigenvalue weighted by molar-refractivity contribution is 0.385. The van der Waals surface area contributed by atoms with E-state index >= 15 is 0 Å². The van der Waals surface area contributed by atoms with Crippen molar-refractivity contribution in [2.75, 3.05) is 5.32 Å². The zero-order chi connectivity index (χ0) is 14.2. The fourth-order valence-electron chi connectivity index (χ4n) is 1.84. The largest absolute Gasteiger partial charge is 0.443 e. The molecule has 20 heavy (non-hydrogen) atoms. The summed E-state index contributed by atoms with van der Waals surface area (Å²) in [5.74, 6) is 1.49. The highest BCUT2D eigenvalue weighted by Gasteiger charge is 2.19. The molecule has 0 saturated heterocycles. The second-order valence-corrected chi connectivity index (χ2v) is 5.71. The van der Waals surface area contributed by atoms with E-state index in [9.17, 15) is 0 Å². The maximum Gasteiger partial charge on any atom is 0.296 e. The number of para-hydroxylation sites is 2. The van der Waals surface area contributed by atoms with Crippen molar-refractivity contribution in [1.82, 2.24) is 9.97 Å². The van der Waals surface area contributed by atoms with E-state index in [1.165, 1.54) is 0 Å². The third kappa shape index (κ3) is 2.52. The van der Waals surface area contributed by atoms with Crippen molar-refractivity contribution in [3.05, 3.63) is 42.1 Å². The van der Waals surface area contributed by atoms with Crippen molar-refractivity contribution in [2.45, 2.75) is 32.7 Å². The molecule has 0 aliphatic rings. The van der Waals surface area contributed by atoms with Crippen molar-refractivity contribution < 1.29 is 8.83 Å². The monoisotopic (exact) mass is 271 g/mol. The van der Waals surface area contributed by atoms with Crippen LogP contribution in [0, 0.1) is 0 Å². The van der Waals surface area contributed by atoms with Gasteiger partial charge in [-0.05, 0) is 12.1 Å². The van der Waals surface area contributed by atoms with Crippen LogP contribution in [0.15, 0.2) is 39.3 Å². The molecular formula is C15H17N3O2. The predicted octanol–water partition coefficient (Wildman–Crippen LogP) is 3.73. The lowest BCUT2D eigenvalue weighted by Crippen LogP contribution is -2.09. The first-order valence-corrected chi connectivity index (χ1v) is 6.57. The molecule has 0 amide bonds. The highest BCUT2D eigenvalue weighted by atomic mass is 16.4. The minimum absolute atomic E-state index is 0.0388. The molecule has 0 radical (unpaired) electrons. The van der Waals surface area contributed by atoms with Crippen LogP contribution in [0.2, 0.25) is 0 Å². The van der Waals surface area contributed by atoms with E-state index in [4.69, 9.17) is 8.83 Å². The number of aromatic nitrogens is 2. The number of rotatable bonds is 3. The molecule has 1 aromatic carbocycles. The summed E-state index contributed by atoms with van der Waals surface area (Å²) < 4.78 is 11.3. The first kappa shape index (κ1) is 12.7. The Labute approximate surface area is 117 Å². The lowest BCUT2D eigenvalue weighted by atomic mass is 9.94. The SMILES string of the molecule is CC(C)(C)c1cnc(CNc2nc3ccccc3o2)o1. The summed E-state index contributed by atoms with van der Waals surface area (Å²) in [5, 5.41) is 3.08. The number of oxazole rings is 2. The maximum atomic E-state index is 5.70. The normalized spacial score (nSPS) is 11.9. The van der Waals surface area contributed by atoms with Crippen LogP contribution in [0.4, 0.5) is 6.01 Å². The van der Waals surface area contributed by atoms with Crippen molar-refractivity contribution in [2.24, 2.45) is 0 Å². The maximum absolute atomic E-state index is 5.70. The summed E-state index contributed by atoms with van der Waals surface area (Å²) in [6, 6.07) is 8.12. The Bertz CT molecular complexity index is 689. The molecule has 104 valence electrons. The summed E-state index contributed by atoms with van der Waals surface area (Å²) in [5.41, 5.74) is 1.55. The van der Waals surface area contributed by atoms with Crippen LogP contribution in [0.25, 0.3) is 11.1 Å². The van der Waals surface area contributed by atoms with Gasteiger partial charge >= 0.3 is 0 Å². The second-order valence-electron chi connectivity index (χ2n) is 5.71. The standard InChI is InChI=1S/C15H17N3O2/c1-15(2,3)12-8-16-13(20-12)9-17-14-18-10-6-4-5-7-11(10)19-14/h4-8H,9H2,1-3H3,(H,17,18). The molecule has 0 fully saturated rings. The van der Waals surface area contributed by atoms with E-state index in [0.717, 1.165) is 16.9 Å². The molecule has 0 aliphatic heterocycles. The Morgan fingerprint density at radius 1 is 1.15 bits per heavy atom. The van der Waals surface area contributed by atoms with Crippen molar-refractivity contribution in [3.63, 3.8) is 0 Å². The van der Waals surface area contributed by atoms with E-state index in [-0.39, 0.29) is 5.41 Å². The van der Waals surface area contributed by atoms with Gasteiger partial charge < -0.3 is 14.2 Å². The summed E-state index contributed by atoms with van der Waals surface area (Å²) in [6.07, 6.45) is 1.77. The van der Waals surface area contributed by atoms with E-state index in [0.29, 0.717) is 18.5 Å². The summed E-state index contributed by atoms with van der Waals surface area (Å²) in [4.78, 5) is 8.59. The number of hydrogen-bond donors (Lipinski definition) is 1. The van der Waals surface area contributed by atoms with Crippen LogP contribution in [0.1, 0.15) is 32.4 Å². The van der Waals surface area contributed by atoms with Crippen LogP contribution in [-0.2, 0) is 12.0 Å². The molecule has 0 saturated carbocycles. The topological polar surface area (TPSA) is 64.1 Å². The summed E-state index contributed by atoms with van der Waals surface area (Å²) in [6.45, 7) is 6.71. The van der Waals surface area contributed by atoms with Gasteiger partial charge in [-0.1, -0.05) is 32.9 Å². The van der Waals surface area contributed by atoms with Crippen LogP contribution in [0.5, 0.6) is 0 Å². The number of nitrogens with zero attached hydrogens (tertiary/aromatic N) is 2. The fourth-order valence-corrected chi connectivity index (χ4v) is 1.84. The molecule has 2 heterocycles. The molecule has 0 spiro atoms.